The summed E-state index contributed by atoms with van der Waals surface area (Å²) in [6.07, 6.45) is 0. The van der Waals surface area contributed by atoms with E-state index in [1.807, 2.05) is 0 Å². The van der Waals surface area contributed by atoms with Crippen molar-refractivity contribution in [2.45, 2.75) is 0 Å². The molecule has 3 radical (unpaired) electrons. The van der Waals surface area contributed by atoms with Crippen LogP contribution in [-0.2, 0) is 90.0 Å². The minimum atomic E-state index is -5.39. The monoisotopic (exact) mass is 795 g/mol. The van der Waals surface area contributed by atoms with Crippen LogP contribution in [-0.4, -0.2) is 0 Å². The molecule has 0 heterocycles. The summed E-state index contributed by atoms with van der Waals surface area (Å²) in [7, 11) is -26.9. The summed E-state index contributed by atoms with van der Waals surface area (Å²) in [6, 6.07) is 0. The van der Waals surface area contributed by atoms with Crippen LogP contribution in [0.5, 0.6) is 0 Å². The maximum absolute atomic E-state index is 8.55. The summed E-state index contributed by atoms with van der Waals surface area (Å²) in [5.41, 5.74) is 0. The van der Waals surface area contributed by atoms with E-state index in [1.165, 1.54) is 0 Å². The summed E-state index contributed by atoms with van der Waals surface area (Å²) in [5.74, 6) is 0. The van der Waals surface area contributed by atoms with Gasteiger partial charge < -0.3 is 96.2 Å². The van der Waals surface area contributed by atoms with Gasteiger partial charge in [0.05, 0.1) is 0 Å². The maximum atomic E-state index is 8.55. The van der Waals surface area contributed by atoms with Gasteiger partial charge in [-0.2, -0.15) is 39.1 Å². The molecule has 0 saturated heterocycles. The molecule has 0 aliphatic heterocycles. The van der Waals surface area contributed by atoms with Crippen LogP contribution in [0.1, 0.15) is 0 Å². The molecule has 0 aromatic heterocycles. The molecule has 0 spiro atoms. The molecule has 0 atom stereocenters. The molecule has 20 nitrogen and oxygen atoms in total. The van der Waals surface area contributed by atoms with Crippen LogP contribution in [0.3, 0.4) is 0 Å². The van der Waals surface area contributed by atoms with Crippen molar-refractivity contribution in [2.24, 2.45) is 0 Å². The van der Waals surface area contributed by atoms with Crippen molar-refractivity contribution in [3.8, 4) is 0 Å². The molecule has 0 aliphatic carbocycles. The van der Waals surface area contributed by atoms with E-state index >= 15 is 0 Å². The second-order valence-electron chi connectivity index (χ2n) is 2.24. The average molecular weight is 798 g/mol. The molecule has 0 amide bonds. The van der Waals surface area contributed by atoms with Crippen molar-refractivity contribution in [1.82, 2.24) is 0 Å². The molecule has 0 aromatic rings. The predicted molar refractivity (Wildman–Crippen MR) is 38.0 cm³/mol. The quantitative estimate of drug-likeness (QED) is 0.162. The Hall–Kier alpha value is 2.77. The fraction of sp³-hybridized carbons (Fsp3) is 0. The van der Waals surface area contributed by atoms with Gasteiger partial charge in [0.2, 0.25) is 0 Å². The molecular weight excluding hydrogens is 798 g/mol. The van der Waals surface area contributed by atoms with Crippen molar-refractivity contribution in [1.29, 1.82) is 0 Å². The maximum Gasteiger partial charge on any atom is 0 e. The third-order valence-electron chi connectivity index (χ3n) is 0. The zero-order valence-corrected chi connectivity index (χ0v) is 20.2. The van der Waals surface area contributed by atoms with E-state index in [0.717, 1.165) is 0 Å². The molecule has 193 valence electrons. The van der Waals surface area contributed by atoms with Gasteiger partial charge in [-0.15, -0.1) is 0 Å². The van der Waals surface area contributed by atoms with E-state index in [9.17, 15) is 0 Å². The Balaban J connectivity index is -0.0000000290. The molecule has 28 heavy (non-hydrogen) atoms. The number of phosphoric acid groups is 5. The summed E-state index contributed by atoms with van der Waals surface area (Å²) >= 11 is 0. The fourth-order valence-corrected chi connectivity index (χ4v) is 0. The van der Waals surface area contributed by atoms with Crippen molar-refractivity contribution in [3.05, 3.63) is 0 Å². The van der Waals surface area contributed by atoms with Gasteiger partial charge in [0.15, 0.2) is 0 Å². The van der Waals surface area contributed by atoms with E-state index in [1.54, 1.807) is 0 Å². The van der Waals surface area contributed by atoms with Gasteiger partial charge in [-0.25, -0.2) is 0 Å². The van der Waals surface area contributed by atoms with Gasteiger partial charge in [0, 0.05) is 67.1 Å². The van der Waals surface area contributed by atoms with Crippen LogP contribution in [0.15, 0.2) is 0 Å². The third kappa shape index (κ3) is 2890. The molecule has 0 unspecified atom stereocenters. The SMILES string of the molecule is O=P([O-])([O-])[O-].O=P([O-])([O-])[O-].O=P([O-])([O-])[O-].O=P([O-])([O-])[O-].O=P([O-])([O-])[O-].[Ag].[Ag].[Ag]. The number of hydrogen-bond donors (Lipinski definition) is 0. The molecule has 0 bridgehead atoms. The first kappa shape index (κ1) is 52.6. The molecule has 0 aliphatic rings. The molecular formula is Ag3O20P5-15. The minimum absolute atomic E-state index is 0. The van der Waals surface area contributed by atoms with Gasteiger partial charge in [0.25, 0.3) is 0 Å². The van der Waals surface area contributed by atoms with Gasteiger partial charge in [-0.05, 0) is 0 Å². The number of hydrogen-bond acceptors (Lipinski definition) is 20. The zero-order valence-electron chi connectivity index (χ0n) is 11.3. The Morgan fingerprint density at radius 2 is 0.250 bits per heavy atom. The Morgan fingerprint density at radius 3 is 0.250 bits per heavy atom. The molecule has 0 saturated carbocycles. The summed E-state index contributed by atoms with van der Waals surface area (Å²) in [4.78, 5) is 128. The van der Waals surface area contributed by atoms with Crippen molar-refractivity contribution < 1.29 is 163 Å². The van der Waals surface area contributed by atoms with Crippen LogP contribution in [0, 0.1) is 0 Å². The van der Waals surface area contributed by atoms with E-state index in [4.69, 9.17) is 96.2 Å². The topological polar surface area (TPSA) is 431 Å². The first-order valence-corrected chi connectivity index (χ1v) is 11.0. The van der Waals surface area contributed by atoms with E-state index in [0.29, 0.717) is 0 Å². The van der Waals surface area contributed by atoms with Crippen LogP contribution < -0.4 is 73.4 Å². The Kier molecular flexibility index (Phi) is 43.1. The minimum Gasteiger partial charge on any atom is -0.822 e. The second kappa shape index (κ2) is 22.9. The van der Waals surface area contributed by atoms with Crippen LogP contribution in [0.4, 0.5) is 0 Å². The molecule has 0 rings (SSSR count). The summed E-state index contributed by atoms with van der Waals surface area (Å²) in [6.45, 7) is 0. The standard InChI is InChI=1S/3Ag.5H3O4P/c;;;5*1-5(2,3)4/h;;;5*(H3,1,2,3,4)/p-15. The normalized spacial score (nSPS) is 10.5. The summed E-state index contributed by atoms with van der Waals surface area (Å²) in [5, 5.41) is 0. The van der Waals surface area contributed by atoms with Gasteiger partial charge in [-0.3, -0.25) is 0 Å². The Labute approximate surface area is 201 Å². The average Bonchev–Trinajstić information content (AvgIpc) is 1.79. The Bertz CT molecular complexity index is 379. The Morgan fingerprint density at radius 1 is 0.250 bits per heavy atom. The summed E-state index contributed by atoms with van der Waals surface area (Å²) < 4.78 is 42.7. The van der Waals surface area contributed by atoms with Crippen LogP contribution in [0.2, 0.25) is 0 Å². The first-order chi connectivity index (χ1) is 10.0. The van der Waals surface area contributed by atoms with Gasteiger partial charge in [0.1, 0.15) is 0 Å². The largest absolute Gasteiger partial charge is 0.822 e. The van der Waals surface area contributed by atoms with Gasteiger partial charge in [-0.1, -0.05) is 0 Å². The molecule has 0 fully saturated rings. The van der Waals surface area contributed by atoms with Crippen molar-refractivity contribution >= 4 is 39.1 Å². The first-order valence-electron chi connectivity index (χ1n) is 3.65. The van der Waals surface area contributed by atoms with Crippen molar-refractivity contribution in [2.75, 3.05) is 0 Å². The molecule has 28 heteroatoms. The van der Waals surface area contributed by atoms with E-state index in [-0.39, 0.29) is 67.1 Å². The van der Waals surface area contributed by atoms with E-state index in [2.05, 4.69) is 0 Å². The third-order valence-corrected chi connectivity index (χ3v) is 0. The predicted octanol–water partition coefficient (Wildman–Crippen LogP) is -14.1. The van der Waals surface area contributed by atoms with Crippen LogP contribution in [0.25, 0.3) is 0 Å². The van der Waals surface area contributed by atoms with E-state index < -0.39 is 39.1 Å². The van der Waals surface area contributed by atoms with Gasteiger partial charge >= 0.3 is 0 Å². The zero-order chi connectivity index (χ0) is 22.5. The van der Waals surface area contributed by atoms with Crippen LogP contribution >= 0.6 is 39.1 Å². The number of rotatable bonds is 0. The molecule has 0 N–H and O–H groups in total. The van der Waals surface area contributed by atoms with Crippen molar-refractivity contribution in [3.63, 3.8) is 0 Å². The fourth-order valence-electron chi connectivity index (χ4n) is 0. The second-order valence-corrected chi connectivity index (χ2v) is 6.71. The smallest absolute Gasteiger partial charge is 0 e. The molecule has 0 aromatic carbocycles.